The van der Waals surface area contributed by atoms with E-state index in [4.69, 9.17) is 0 Å². The largest absolute Gasteiger partial charge is 0.389 e. The van der Waals surface area contributed by atoms with E-state index in [1.807, 2.05) is 0 Å². The van der Waals surface area contributed by atoms with Crippen molar-refractivity contribution >= 4 is 5.91 Å². The van der Waals surface area contributed by atoms with Crippen molar-refractivity contribution in [2.75, 3.05) is 13.1 Å². The molecule has 0 atom stereocenters. The van der Waals surface area contributed by atoms with E-state index < -0.39 is 5.60 Å². The van der Waals surface area contributed by atoms with Gasteiger partial charge in [-0.05, 0) is 44.4 Å². The van der Waals surface area contributed by atoms with E-state index in [-0.39, 0.29) is 5.91 Å². The van der Waals surface area contributed by atoms with Crippen LogP contribution in [-0.2, 0) is 4.79 Å². The Morgan fingerprint density at radius 1 is 1.10 bits per heavy atom. The fourth-order valence-electron chi connectivity index (χ4n) is 3.59. The molecule has 2 rings (SSSR count). The topological polar surface area (TPSA) is 61.4 Å². The molecule has 122 valence electrons. The zero-order valence-corrected chi connectivity index (χ0v) is 13.5. The highest BCUT2D eigenvalue weighted by molar-refractivity contribution is 5.78. The summed E-state index contributed by atoms with van der Waals surface area (Å²) < 4.78 is 0. The van der Waals surface area contributed by atoms with E-state index in [9.17, 15) is 9.90 Å². The van der Waals surface area contributed by atoms with Gasteiger partial charge in [0.05, 0.1) is 12.1 Å². The first-order chi connectivity index (χ1) is 10.1. The maximum absolute atomic E-state index is 12.0. The van der Waals surface area contributed by atoms with Gasteiger partial charge in [-0.1, -0.05) is 32.6 Å². The van der Waals surface area contributed by atoms with Crippen molar-refractivity contribution in [3.05, 3.63) is 0 Å². The van der Waals surface area contributed by atoms with Crippen LogP contribution in [0.4, 0.5) is 0 Å². The summed E-state index contributed by atoms with van der Waals surface area (Å²) in [5.41, 5.74) is -0.602. The average Bonchev–Trinajstić information content (AvgIpc) is 2.71. The third-order valence-electron chi connectivity index (χ3n) is 5.16. The van der Waals surface area contributed by atoms with Crippen LogP contribution in [0.3, 0.4) is 0 Å². The normalized spacial score (nSPS) is 31.6. The molecule has 3 N–H and O–H groups in total. The third-order valence-corrected chi connectivity index (χ3v) is 5.16. The van der Waals surface area contributed by atoms with Crippen LogP contribution in [0.2, 0.25) is 0 Å². The van der Waals surface area contributed by atoms with Crippen molar-refractivity contribution in [2.24, 2.45) is 5.92 Å². The first kappa shape index (κ1) is 16.8. The number of hydrogen-bond donors (Lipinski definition) is 3. The third kappa shape index (κ3) is 5.95. The Hall–Kier alpha value is -0.610. The van der Waals surface area contributed by atoms with Gasteiger partial charge in [-0.15, -0.1) is 0 Å². The molecule has 2 fully saturated rings. The molecule has 2 aliphatic rings. The van der Waals surface area contributed by atoms with Crippen molar-refractivity contribution in [1.82, 2.24) is 10.6 Å². The number of carbonyl (C=O) groups is 1. The lowest BCUT2D eigenvalue weighted by atomic mass is 9.79. The molecule has 0 spiro atoms. The summed E-state index contributed by atoms with van der Waals surface area (Å²) in [6.07, 6.45) is 11.2. The van der Waals surface area contributed by atoms with Gasteiger partial charge in [-0.3, -0.25) is 4.79 Å². The smallest absolute Gasteiger partial charge is 0.234 e. The Morgan fingerprint density at radius 2 is 1.71 bits per heavy atom. The highest BCUT2D eigenvalue weighted by Crippen LogP contribution is 2.31. The molecule has 0 aromatic carbocycles. The molecule has 21 heavy (non-hydrogen) atoms. The molecular weight excluding hydrogens is 264 g/mol. The van der Waals surface area contributed by atoms with Crippen LogP contribution in [0.5, 0.6) is 0 Å². The Kier molecular flexibility index (Phi) is 6.49. The predicted octanol–water partition coefficient (Wildman–Crippen LogP) is 2.36. The zero-order valence-electron chi connectivity index (χ0n) is 13.5. The number of nitrogens with one attached hydrogen (secondary N) is 2. The molecule has 2 aliphatic carbocycles. The Bertz CT molecular complexity index is 317. The second-order valence-electron chi connectivity index (χ2n) is 7.27. The molecule has 0 bridgehead atoms. The second-order valence-corrected chi connectivity index (χ2v) is 7.27. The van der Waals surface area contributed by atoms with Crippen molar-refractivity contribution in [1.29, 1.82) is 0 Å². The monoisotopic (exact) mass is 296 g/mol. The minimum atomic E-state index is -0.602. The number of aliphatic hydroxyl groups is 1. The molecule has 0 heterocycles. The van der Waals surface area contributed by atoms with Crippen LogP contribution in [0, 0.1) is 5.92 Å². The summed E-state index contributed by atoms with van der Waals surface area (Å²) in [7, 11) is 0. The Morgan fingerprint density at radius 3 is 2.33 bits per heavy atom. The number of amides is 1. The van der Waals surface area contributed by atoms with E-state index in [1.54, 1.807) is 0 Å². The highest BCUT2D eigenvalue weighted by atomic mass is 16.3. The van der Waals surface area contributed by atoms with Crippen LogP contribution < -0.4 is 10.6 Å². The van der Waals surface area contributed by atoms with Crippen molar-refractivity contribution in [2.45, 2.75) is 82.8 Å². The van der Waals surface area contributed by atoms with Crippen molar-refractivity contribution in [3.8, 4) is 0 Å². The lowest BCUT2D eigenvalue weighted by molar-refractivity contribution is -0.121. The summed E-state index contributed by atoms with van der Waals surface area (Å²) in [6, 6.07) is 0.361. The molecule has 0 radical (unpaired) electrons. The standard InChI is InChI=1S/C17H32N2O2/c1-14-8-10-17(21,11-9-14)13-18-12-16(20)19-15-6-4-2-3-5-7-15/h14-15,18,21H,2-13H2,1H3,(H,19,20). The lowest BCUT2D eigenvalue weighted by Gasteiger charge is -2.35. The van der Waals surface area contributed by atoms with E-state index in [2.05, 4.69) is 17.6 Å². The number of rotatable bonds is 5. The van der Waals surface area contributed by atoms with Crippen LogP contribution in [-0.4, -0.2) is 35.7 Å². The summed E-state index contributed by atoms with van der Waals surface area (Å²) in [5, 5.41) is 16.8. The van der Waals surface area contributed by atoms with Gasteiger partial charge in [0.15, 0.2) is 0 Å². The van der Waals surface area contributed by atoms with Gasteiger partial charge >= 0.3 is 0 Å². The van der Waals surface area contributed by atoms with Gasteiger partial charge in [0.25, 0.3) is 0 Å². The lowest BCUT2D eigenvalue weighted by Crippen LogP contribution is -2.47. The SMILES string of the molecule is CC1CCC(O)(CNCC(=O)NC2CCCCCC2)CC1. The van der Waals surface area contributed by atoms with Crippen LogP contribution in [0.15, 0.2) is 0 Å². The second kappa shape index (κ2) is 8.14. The van der Waals surface area contributed by atoms with E-state index >= 15 is 0 Å². The minimum Gasteiger partial charge on any atom is -0.389 e. The first-order valence-corrected chi connectivity index (χ1v) is 8.80. The van der Waals surface area contributed by atoms with E-state index in [0.717, 1.165) is 44.4 Å². The van der Waals surface area contributed by atoms with E-state index in [1.165, 1.54) is 25.7 Å². The average molecular weight is 296 g/mol. The maximum atomic E-state index is 12.0. The molecule has 0 aromatic rings. The van der Waals surface area contributed by atoms with Gasteiger partial charge < -0.3 is 15.7 Å². The fraction of sp³-hybridized carbons (Fsp3) is 0.941. The van der Waals surface area contributed by atoms with Gasteiger partial charge in [0, 0.05) is 12.6 Å². The van der Waals surface area contributed by atoms with Crippen LogP contribution in [0.1, 0.15) is 71.1 Å². The molecule has 2 saturated carbocycles. The maximum Gasteiger partial charge on any atom is 0.234 e. The summed E-state index contributed by atoms with van der Waals surface area (Å²) in [4.78, 5) is 12.0. The zero-order chi connectivity index (χ0) is 15.1. The molecule has 0 saturated heterocycles. The van der Waals surface area contributed by atoms with Gasteiger partial charge in [0.1, 0.15) is 0 Å². The van der Waals surface area contributed by atoms with Crippen molar-refractivity contribution in [3.63, 3.8) is 0 Å². The molecule has 4 heteroatoms. The first-order valence-electron chi connectivity index (χ1n) is 8.80. The molecule has 4 nitrogen and oxygen atoms in total. The molecular formula is C17H32N2O2. The minimum absolute atomic E-state index is 0.0784. The van der Waals surface area contributed by atoms with Crippen LogP contribution >= 0.6 is 0 Å². The van der Waals surface area contributed by atoms with Gasteiger partial charge in [-0.2, -0.15) is 0 Å². The Balaban J connectivity index is 1.62. The molecule has 0 aliphatic heterocycles. The summed E-state index contributed by atoms with van der Waals surface area (Å²) in [5.74, 6) is 0.804. The molecule has 0 aromatic heterocycles. The molecule has 1 amide bonds. The Labute approximate surface area is 129 Å². The summed E-state index contributed by atoms with van der Waals surface area (Å²) in [6.45, 7) is 3.11. The van der Waals surface area contributed by atoms with Gasteiger partial charge in [0.2, 0.25) is 5.91 Å². The van der Waals surface area contributed by atoms with Gasteiger partial charge in [-0.25, -0.2) is 0 Å². The number of hydrogen-bond acceptors (Lipinski definition) is 3. The van der Waals surface area contributed by atoms with Crippen LogP contribution in [0.25, 0.3) is 0 Å². The number of carbonyl (C=O) groups excluding carboxylic acids is 1. The quantitative estimate of drug-likeness (QED) is 0.683. The highest BCUT2D eigenvalue weighted by Gasteiger charge is 2.31. The van der Waals surface area contributed by atoms with Crippen molar-refractivity contribution < 1.29 is 9.90 Å². The molecule has 0 unspecified atom stereocenters. The predicted molar refractivity (Wildman–Crippen MR) is 85.1 cm³/mol. The van der Waals surface area contributed by atoms with E-state index in [0.29, 0.717) is 19.1 Å². The summed E-state index contributed by atoms with van der Waals surface area (Å²) >= 11 is 0. The fourth-order valence-corrected chi connectivity index (χ4v) is 3.59.